The Morgan fingerprint density at radius 3 is 2.47 bits per heavy atom. The van der Waals surface area contributed by atoms with Crippen molar-refractivity contribution in [3.63, 3.8) is 0 Å². The zero-order valence-electron chi connectivity index (χ0n) is 11.0. The summed E-state index contributed by atoms with van der Waals surface area (Å²) in [6.07, 6.45) is 6.72. The average molecular weight is 248 g/mol. The molecule has 0 radical (unpaired) electrons. The number of azo groups is 1. The molecular weight excluding hydrogens is 232 g/mol. The maximum absolute atomic E-state index is 4.39. The predicted octanol–water partition coefficient (Wildman–Crippen LogP) is 3.77. The Labute approximate surface area is 112 Å². The second-order valence-electron chi connectivity index (χ2n) is 4.80. The van der Waals surface area contributed by atoms with E-state index in [1.54, 1.807) is 0 Å². The standard InChI is InChI=1S/C17H16N2/c1-13-9-11-15(12-10-13)18-19-17-8-4-6-14-5-2-3-7-16(14)17/h4-12H,2-3H2,1H3. The molecule has 0 unspecified atom stereocenters. The van der Waals surface area contributed by atoms with Crippen molar-refractivity contribution in [2.24, 2.45) is 10.2 Å². The van der Waals surface area contributed by atoms with E-state index < -0.39 is 0 Å². The molecule has 0 heterocycles. The maximum atomic E-state index is 4.39. The van der Waals surface area contributed by atoms with E-state index in [0.29, 0.717) is 0 Å². The van der Waals surface area contributed by atoms with Crippen LogP contribution in [0.2, 0.25) is 0 Å². The highest BCUT2D eigenvalue weighted by atomic mass is 15.1. The van der Waals surface area contributed by atoms with Gasteiger partial charge < -0.3 is 0 Å². The topological polar surface area (TPSA) is 24.7 Å². The minimum absolute atomic E-state index is 0.892. The van der Waals surface area contributed by atoms with Crippen LogP contribution in [0.3, 0.4) is 0 Å². The van der Waals surface area contributed by atoms with E-state index in [4.69, 9.17) is 0 Å². The number of nitrogens with zero attached hydrogens (tertiary/aromatic N) is 2. The first kappa shape index (κ1) is 11.8. The number of aryl methyl sites for hydroxylation is 1. The number of hydrogen-bond donors (Lipinski definition) is 0. The van der Waals surface area contributed by atoms with Crippen LogP contribution in [0.5, 0.6) is 0 Å². The fourth-order valence-electron chi connectivity index (χ4n) is 2.25. The summed E-state index contributed by atoms with van der Waals surface area (Å²) in [7, 11) is 0. The Morgan fingerprint density at radius 1 is 0.842 bits per heavy atom. The van der Waals surface area contributed by atoms with Gasteiger partial charge in [-0.15, -0.1) is 5.11 Å². The van der Waals surface area contributed by atoms with Gasteiger partial charge >= 0.3 is 0 Å². The monoisotopic (exact) mass is 248 g/mol. The minimum atomic E-state index is 0.892. The van der Waals surface area contributed by atoms with Gasteiger partial charge in [0.05, 0.1) is 11.4 Å². The van der Waals surface area contributed by atoms with E-state index in [0.717, 1.165) is 24.2 Å². The summed E-state index contributed by atoms with van der Waals surface area (Å²) < 4.78 is 0. The Morgan fingerprint density at radius 2 is 1.63 bits per heavy atom. The van der Waals surface area contributed by atoms with Gasteiger partial charge in [0.25, 0.3) is 0 Å². The van der Waals surface area contributed by atoms with Crippen LogP contribution in [-0.4, -0.2) is 0 Å². The van der Waals surface area contributed by atoms with Crippen LogP contribution >= 0.6 is 0 Å². The van der Waals surface area contributed by atoms with Crippen molar-refractivity contribution < 1.29 is 0 Å². The highest BCUT2D eigenvalue weighted by molar-refractivity contribution is 5.50. The van der Waals surface area contributed by atoms with Gasteiger partial charge in [-0.25, -0.2) is 0 Å². The van der Waals surface area contributed by atoms with E-state index in [1.807, 2.05) is 24.3 Å². The van der Waals surface area contributed by atoms with E-state index in [1.165, 1.54) is 16.0 Å². The number of hydrogen-bond acceptors (Lipinski definition) is 2. The smallest absolute Gasteiger partial charge is 0.0932 e. The average Bonchev–Trinajstić information content (AvgIpc) is 2.47. The minimum Gasteiger partial charge on any atom is -0.151 e. The first-order valence-electron chi connectivity index (χ1n) is 6.61. The second kappa shape index (κ2) is 5.19. The van der Waals surface area contributed by atoms with E-state index in [9.17, 15) is 0 Å². The fraction of sp³-hybridized carbons (Fsp3) is 0.176. The quantitative estimate of drug-likeness (QED) is 0.723. The molecule has 0 fully saturated rings. The van der Waals surface area contributed by atoms with Gasteiger partial charge in [0.15, 0.2) is 0 Å². The summed E-state index contributed by atoms with van der Waals surface area (Å²) in [6.45, 7) is 2.07. The third-order valence-electron chi connectivity index (χ3n) is 3.30. The molecule has 0 N–H and O–H groups in total. The van der Waals surface area contributed by atoms with Crippen molar-refractivity contribution in [3.8, 4) is 0 Å². The molecule has 0 amide bonds. The van der Waals surface area contributed by atoms with Gasteiger partial charge in [-0.2, -0.15) is 5.11 Å². The molecule has 0 aromatic heterocycles. The molecule has 0 bridgehead atoms. The summed E-state index contributed by atoms with van der Waals surface area (Å²) in [5, 5.41) is 11.2. The largest absolute Gasteiger partial charge is 0.151 e. The van der Waals surface area contributed by atoms with Crippen LogP contribution in [0.25, 0.3) is 12.2 Å². The molecule has 1 aliphatic rings. The lowest BCUT2D eigenvalue weighted by molar-refractivity contribution is 1.11. The molecule has 0 saturated heterocycles. The lowest BCUT2D eigenvalue weighted by atomic mass is 10.1. The van der Waals surface area contributed by atoms with Gasteiger partial charge in [0, 0.05) is 5.22 Å². The maximum Gasteiger partial charge on any atom is 0.0932 e. The number of rotatable bonds is 2. The van der Waals surface area contributed by atoms with Crippen LogP contribution in [0, 0.1) is 6.92 Å². The van der Waals surface area contributed by atoms with Crippen molar-refractivity contribution in [1.82, 2.24) is 0 Å². The Balaban J connectivity index is 1.99. The van der Waals surface area contributed by atoms with Crippen molar-refractivity contribution >= 4 is 23.5 Å². The molecule has 1 aliphatic carbocycles. The van der Waals surface area contributed by atoms with Crippen LogP contribution < -0.4 is 10.4 Å². The summed E-state index contributed by atoms with van der Waals surface area (Å²) in [5.41, 5.74) is 3.08. The van der Waals surface area contributed by atoms with Crippen LogP contribution in [0.4, 0.5) is 11.4 Å². The van der Waals surface area contributed by atoms with Gasteiger partial charge in [-0.05, 0) is 43.2 Å². The third kappa shape index (κ3) is 2.63. The molecule has 0 atom stereocenters. The summed E-state index contributed by atoms with van der Waals surface area (Å²) in [4.78, 5) is 0. The molecule has 0 aliphatic heterocycles. The van der Waals surface area contributed by atoms with E-state index in [-0.39, 0.29) is 0 Å². The summed E-state index contributed by atoms with van der Waals surface area (Å²) in [6, 6.07) is 14.3. The normalized spacial score (nSPS) is 13.7. The van der Waals surface area contributed by atoms with Gasteiger partial charge in [-0.3, -0.25) is 0 Å². The van der Waals surface area contributed by atoms with Crippen LogP contribution in [0.15, 0.2) is 52.7 Å². The lowest BCUT2D eigenvalue weighted by Gasteiger charge is -2.02. The molecular formula is C17H16N2. The highest BCUT2D eigenvalue weighted by Gasteiger charge is 1.98. The summed E-state index contributed by atoms with van der Waals surface area (Å²) >= 11 is 0. The highest BCUT2D eigenvalue weighted by Crippen LogP contribution is 2.16. The molecule has 2 nitrogen and oxygen atoms in total. The van der Waals surface area contributed by atoms with Gasteiger partial charge in [-0.1, -0.05) is 42.0 Å². The second-order valence-corrected chi connectivity index (χ2v) is 4.80. The number of benzene rings is 2. The molecule has 2 aromatic carbocycles. The van der Waals surface area contributed by atoms with E-state index in [2.05, 4.69) is 47.5 Å². The van der Waals surface area contributed by atoms with Crippen LogP contribution in [-0.2, 0) is 0 Å². The first-order chi connectivity index (χ1) is 9.33. The predicted molar refractivity (Wildman–Crippen MR) is 79.2 cm³/mol. The molecule has 3 rings (SSSR count). The van der Waals surface area contributed by atoms with Crippen molar-refractivity contribution in [1.29, 1.82) is 0 Å². The van der Waals surface area contributed by atoms with Gasteiger partial charge in [0.2, 0.25) is 0 Å². The zero-order chi connectivity index (χ0) is 13.1. The summed E-state index contributed by atoms with van der Waals surface area (Å²) in [5.74, 6) is 0. The van der Waals surface area contributed by atoms with Gasteiger partial charge in [0.1, 0.15) is 0 Å². The molecule has 0 saturated carbocycles. The molecule has 0 spiro atoms. The number of fused-ring (bicyclic) bond motifs is 1. The van der Waals surface area contributed by atoms with E-state index >= 15 is 0 Å². The molecule has 94 valence electrons. The van der Waals surface area contributed by atoms with Crippen molar-refractivity contribution in [3.05, 3.63) is 58.5 Å². The molecule has 19 heavy (non-hydrogen) atoms. The Hall–Kier alpha value is -2.22. The zero-order valence-corrected chi connectivity index (χ0v) is 11.0. The lowest BCUT2D eigenvalue weighted by Crippen LogP contribution is -2.26. The Bertz CT molecular complexity index is 725. The SMILES string of the molecule is Cc1ccc(N=Nc2cccc3c2=CCCC=3)cc1. The fourth-order valence-corrected chi connectivity index (χ4v) is 2.25. The molecule has 2 heteroatoms. The van der Waals surface area contributed by atoms with Crippen LogP contribution in [0.1, 0.15) is 18.4 Å². The Kier molecular flexibility index (Phi) is 3.23. The van der Waals surface area contributed by atoms with Crippen molar-refractivity contribution in [2.45, 2.75) is 19.8 Å². The van der Waals surface area contributed by atoms with Crippen molar-refractivity contribution in [2.75, 3.05) is 0 Å². The first-order valence-corrected chi connectivity index (χ1v) is 6.61. The molecule has 2 aromatic rings. The third-order valence-corrected chi connectivity index (χ3v) is 3.30.